The minimum atomic E-state index is -0.948. The van der Waals surface area contributed by atoms with Gasteiger partial charge in [0.15, 0.2) is 5.06 Å². The Morgan fingerprint density at radius 3 is 2.44 bits per heavy atom. The molecule has 5 heteroatoms. The molecule has 82 valence electrons. The number of benzene rings is 1. The molecule has 1 heterocycles. The first kappa shape index (κ1) is 11.0. The van der Waals surface area contributed by atoms with E-state index in [4.69, 9.17) is 21.4 Å². The van der Waals surface area contributed by atoms with Gasteiger partial charge in [-0.1, -0.05) is 22.9 Å². The van der Waals surface area contributed by atoms with E-state index < -0.39 is 5.97 Å². The van der Waals surface area contributed by atoms with E-state index in [1.807, 2.05) is 0 Å². The van der Waals surface area contributed by atoms with Gasteiger partial charge in [-0.05, 0) is 36.4 Å². The molecule has 2 rings (SSSR count). The largest absolute Gasteiger partial charge is 0.477 e. The minimum Gasteiger partial charge on any atom is -0.477 e. The lowest BCUT2D eigenvalue weighted by Gasteiger charge is -2.01. The summed E-state index contributed by atoms with van der Waals surface area (Å²) in [5.41, 5.74) is 0. The molecule has 0 aliphatic rings. The summed E-state index contributed by atoms with van der Waals surface area (Å²) in [6.07, 6.45) is 0. The van der Waals surface area contributed by atoms with Crippen molar-refractivity contribution in [3.8, 4) is 10.8 Å². The summed E-state index contributed by atoms with van der Waals surface area (Å²) < 4.78 is 5.46. The third kappa shape index (κ3) is 2.53. The van der Waals surface area contributed by atoms with Gasteiger partial charge >= 0.3 is 5.97 Å². The second-order valence-corrected chi connectivity index (χ2v) is 4.46. The van der Waals surface area contributed by atoms with E-state index in [0.717, 1.165) is 11.3 Å². The van der Waals surface area contributed by atoms with Crippen LogP contribution in [-0.4, -0.2) is 11.1 Å². The average molecular weight is 255 g/mol. The minimum absolute atomic E-state index is 0.254. The first-order valence-electron chi connectivity index (χ1n) is 4.42. The highest BCUT2D eigenvalue weighted by molar-refractivity contribution is 7.15. The lowest BCUT2D eigenvalue weighted by atomic mass is 10.3. The second kappa shape index (κ2) is 4.55. The van der Waals surface area contributed by atoms with E-state index in [1.54, 1.807) is 30.3 Å². The summed E-state index contributed by atoms with van der Waals surface area (Å²) >= 11 is 6.81. The molecule has 0 aliphatic heterocycles. The Kier molecular flexibility index (Phi) is 3.12. The SMILES string of the molecule is O=C(O)c1ccc(Oc2ccc(Cl)cc2)s1. The van der Waals surface area contributed by atoms with E-state index in [1.165, 1.54) is 6.07 Å². The highest BCUT2D eigenvalue weighted by atomic mass is 35.5. The molecule has 0 saturated heterocycles. The van der Waals surface area contributed by atoms with E-state index in [9.17, 15) is 4.79 Å². The number of ether oxygens (including phenoxy) is 1. The predicted octanol–water partition coefficient (Wildman–Crippen LogP) is 3.89. The zero-order valence-corrected chi connectivity index (χ0v) is 9.59. The number of aromatic carboxylic acids is 1. The van der Waals surface area contributed by atoms with Crippen LogP contribution in [0.4, 0.5) is 0 Å². The third-order valence-corrected chi connectivity index (χ3v) is 3.03. The van der Waals surface area contributed by atoms with Crippen molar-refractivity contribution in [1.29, 1.82) is 0 Å². The first-order valence-corrected chi connectivity index (χ1v) is 5.61. The van der Waals surface area contributed by atoms with Gasteiger partial charge in [0.1, 0.15) is 10.6 Å². The quantitative estimate of drug-likeness (QED) is 0.904. The standard InChI is InChI=1S/C11H7ClO3S/c12-7-1-3-8(4-2-7)15-10-6-5-9(16-10)11(13)14/h1-6H,(H,13,14). The predicted molar refractivity (Wildman–Crippen MR) is 62.8 cm³/mol. The summed E-state index contributed by atoms with van der Waals surface area (Å²) in [7, 11) is 0. The summed E-state index contributed by atoms with van der Waals surface area (Å²) in [4.78, 5) is 10.9. The number of carboxylic acids is 1. The van der Waals surface area contributed by atoms with E-state index >= 15 is 0 Å². The van der Waals surface area contributed by atoms with Gasteiger partial charge in [0.05, 0.1) is 0 Å². The van der Waals surface area contributed by atoms with Gasteiger partial charge in [0.25, 0.3) is 0 Å². The number of hydrogen-bond acceptors (Lipinski definition) is 3. The van der Waals surface area contributed by atoms with Crippen LogP contribution in [0.3, 0.4) is 0 Å². The maximum Gasteiger partial charge on any atom is 0.345 e. The zero-order valence-electron chi connectivity index (χ0n) is 8.01. The molecule has 0 saturated carbocycles. The van der Waals surface area contributed by atoms with Crippen LogP contribution in [0.25, 0.3) is 0 Å². The number of rotatable bonds is 3. The average Bonchev–Trinajstić information content (AvgIpc) is 2.70. The maximum absolute atomic E-state index is 10.6. The molecule has 0 spiro atoms. The summed E-state index contributed by atoms with van der Waals surface area (Å²) in [6.45, 7) is 0. The topological polar surface area (TPSA) is 46.5 Å². The molecule has 0 atom stereocenters. The van der Waals surface area contributed by atoms with Gasteiger partial charge in [-0.3, -0.25) is 0 Å². The highest BCUT2D eigenvalue weighted by Gasteiger charge is 2.08. The molecule has 2 aromatic rings. The van der Waals surface area contributed by atoms with Crippen LogP contribution in [0, 0.1) is 0 Å². The Hall–Kier alpha value is -1.52. The Balaban J connectivity index is 2.14. The number of carbonyl (C=O) groups is 1. The van der Waals surface area contributed by atoms with Crippen molar-refractivity contribution in [3.05, 3.63) is 46.3 Å². The number of carboxylic acid groups (broad SMARTS) is 1. The molecule has 3 nitrogen and oxygen atoms in total. The normalized spacial score (nSPS) is 10.1. The van der Waals surface area contributed by atoms with E-state index in [0.29, 0.717) is 15.8 Å². The fourth-order valence-electron chi connectivity index (χ4n) is 1.11. The van der Waals surface area contributed by atoms with Crippen molar-refractivity contribution in [2.24, 2.45) is 0 Å². The fraction of sp³-hybridized carbons (Fsp3) is 0. The van der Waals surface area contributed by atoms with Gasteiger partial charge < -0.3 is 9.84 Å². The Morgan fingerprint density at radius 1 is 1.19 bits per heavy atom. The van der Waals surface area contributed by atoms with Gasteiger partial charge in [-0.15, -0.1) is 0 Å². The lowest BCUT2D eigenvalue weighted by molar-refractivity contribution is 0.0702. The number of hydrogen-bond donors (Lipinski definition) is 1. The lowest BCUT2D eigenvalue weighted by Crippen LogP contribution is -1.89. The Labute approximate surface area is 101 Å². The van der Waals surface area contributed by atoms with Crippen molar-refractivity contribution in [2.75, 3.05) is 0 Å². The molecule has 0 bridgehead atoms. The van der Waals surface area contributed by atoms with Gasteiger partial charge in [-0.2, -0.15) is 0 Å². The molecule has 0 unspecified atom stereocenters. The molecule has 0 aliphatic carbocycles. The molecule has 1 N–H and O–H groups in total. The first-order chi connectivity index (χ1) is 7.65. The zero-order chi connectivity index (χ0) is 11.5. The molecular weight excluding hydrogens is 248 g/mol. The van der Waals surface area contributed by atoms with Crippen molar-refractivity contribution in [3.63, 3.8) is 0 Å². The van der Waals surface area contributed by atoms with Crippen LogP contribution in [-0.2, 0) is 0 Å². The molecule has 1 aromatic carbocycles. The maximum atomic E-state index is 10.6. The molecule has 0 radical (unpaired) electrons. The van der Waals surface area contributed by atoms with E-state index in [-0.39, 0.29) is 4.88 Å². The van der Waals surface area contributed by atoms with Gasteiger partial charge in [0, 0.05) is 5.02 Å². The smallest absolute Gasteiger partial charge is 0.345 e. The summed E-state index contributed by atoms with van der Waals surface area (Å²) in [6, 6.07) is 10.0. The third-order valence-electron chi connectivity index (χ3n) is 1.82. The molecular formula is C11H7ClO3S. The molecule has 1 aromatic heterocycles. The summed E-state index contributed by atoms with van der Waals surface area (Å²) in [5, 5.41) is 9.91. The van der Waals surface area contributed by atoms with Gasteiger partial charge in [-0.25, -0.2) is 4.79 Å². The number of thiophene rings is 1. The second-order valence-electron chi connectivity index (χ2n) is 2.98. The van der Waals surface area contributed by atoms with Gasteiger partial charge in [0.2, 0.25) is 0 Å². The monoisotopic (exact) mass is 254 g/mol. The van der Waals surface area contributed by atoms with Crippen LogP contribution in [0.1, 0.15) is 9.67 Å². The Morgan fingerprint density at radius 2 is 1.88 bits per heavy atom. The molecule has 0 fully saturated rings. The van der Waals surface area contributed by atoms with Crippen LogP contribution >= 0.6 is 22.9 Å². The Bertz CT molecular complexity index is 504. The number of halogens is 1. The van der Waals surface area contributed by atoms with Crippen LogP contribution < -0.4 is 4.74 Å². The van der Waals surface area contributed by atoms with E-state index in [2.05, 4.69) is 0 Å². The van der Waals surface area contributed by atoms with Crippen molar-refractivity contribution < 1.29 is 14.6 Å². The fourth-order valence-corrected chi connectivity index (χ4v) is 1.95. The molecule has 16 heavy (non-hydrogen) atoms. The van der Waals surface area contributed by atoms with Crippen LogP contribution in [0.15, 0.2) is 36.4 Å². The summed E-state index contributed by atoms with van der Waals surface area (Å²) in [5.74, 6) is -0.320. The van der Waals surface area contributed by atoms with Crippen molar-refractivity contribution in [2.45, 2.75) is 0 Å². The highest BCUT2D eigenvalue weighted by Crippen LogP contribution is 2.29. The van der Waals surface area contributed by atoms with Crippen molar-refractivity contribution >= 4 is 28.9 Å². The van der Waals surface area contributed by atoms with Crippen molar-refractivity contribution in [1.82, 2.24) is 0 Å². The van der Waals surface area contributed by atoms with Crippen LogP contribution in [0.5, 0.6) is 10.8 Å². The van der Waals surface area contributed by atoms with Crippen LogP contribution in [0.2, 0.25) is 5.02 Å². The molecule has 0 amide bonds.